The molecule has 192 valence electrons. The summed E-state index contributed by atoms with van der Waals surface area (Å²) in [6.07, 6.45) is 33.4. The van der Waals surface area contributed by atoms with Crippen molar-refractivity contribution in [2.45, 2.75) is 142 Å². The smallest absolute Gasteiger partial charge is 0.0233 e. The molecule has 0 amide bonds. The molecule has 2 aliphatic rings. The van der Waals surface area contributed by atoms with Gasteiger partial charge in [0.1, 0.15) is 0 Å². The minimum atomic E-state index is 0.858. The fourth-order valence-electron chi connectivity index (χ4n) is 6.63. The minimum Gasteiger partial charge on any atom is -0.0879 e. The van der Waals surface area contributed by atoms with Crippen LogP contribution in [0.15, 0.2) is 36.4 Å². The number of hydrogen-bond acceptors (Lipinski definition) is 0. The highest BCUT2D eigenvalue weighted by Gasteiger charge is 2.21. The molecular weight excluding hydrogens is 408 g/mol. The maximum absolute atomic E-state index is 2.55. The topological polar surface area (TPSA) is 0 Å². The Balaban J connectivity index is 1.25. The van der Waals surface area contributed by atoms with Crippen LogP contribution >= 0.6 is 0 Å². The van der Waals surface area contributed by atoms with E-state index in [4.69, 9.17) is 0 Å². The van der Waals surface area contributed by atoms with Gasteiger partial charge >= 0.3 is 0 Å². The first-order valence-electron chi connectivity index (χ1n) is 15.5. The molecule has 3 rings (SSSR count). The Morgan fingerprint density at radius 3 is 1.59 bits per heavy atom. The Hall–Kier alpha value is -1.04. The third-order valence-corrected chi connectivity index (χ3v) is 9.16. The molecule has 2 aliphatic carbocycles. The number of hydrogen-bond donors (Lipinski definition) is 0. The van der Waals surface area contributed by atoms with Crippen molar-refractivity contribution in [3.63, 3.8) is 0 Å². The number of rotatable bonds is 15. The summed E-state index contributed by atoms with van der Waals surface area (Å²) in [4.78, 5) is 0. The third-order valence-electron chi connectivity index (χ3n) is 9.16. The van der Waals surface area contributed by atoms with Crippen LogP contribution < -0.4 is 0 Å². The van der Waals surface area contributed by atoms with Gasteiger partial charge in [0.25, 0.3) is 0 Å². The van der Waals surface area contributed by atoms with E-state index in [1.807, 2.05) is 0 Å². The molecule has 0 unspecified atom stereocenters. The normalized spacial score (nSPS) is 25.7. The molecule has 1 aromatic carbocycles. The zero-order valence-electron chi connectivity index (χ0n) is 22.9. The third kappa shape index (κ3) is 10.7. The number of aryl methyl sites for hydroxylation is 2. The standard InChI is InChI=1S/C34H56/c1-3-5-7-11-29-15-17-31(18-16-29)13-9-10-14-32-21-25-34(26-22-32)28-27-33-23-19-30(20-24-33)12-8-6-4-2/h9,13,21-22,25-26,29-31,33H,3-8,10-12,14-20,23-24,27-28H2,1-2H3. The van der Waals surface area contributed by atoms with Crippen LogP contribution in [0, 0.1) is 23.7 Å². The molecule has 0 aromatic heterocycles. The highest BCUT2D eigenvalue weighted by atomic mass is 14.3. The average molecular weight is 465 g/mol. The number of unbranched alkanes of at least 4 members (excludes halogenated alkanes) is 4. The van der Waals surface area contributed by atoms with Crippen molar-refractivity contribution in [2.75, 3.05) is 0 Å². The van der Waals surface area contributed by atoms with Crippen LogP contribution in [0.2, 0.25) is 0 Å². The van der Waals surface area contributed by atoms with Crippen molar-refractivity contribution < 1.29 is 0 Å². The Labute approximate surface area is 213 Å². The lowest BCUT2D eigenvalue weighted by Crippen LogP contribution is -2.15. The summed E-state index contributed by atoms with van der Waals surface area (Å²) in [6, 6.07) is 9.62. The zero-order valence-corrected chi connectivity index (χ0v) is 22.9. The fourth-order valence-corrected chi connectivity index (χ4v) is 6.63. The van der Waals surface area contributed by atoms with E-state index in [9.17, 15) is 0 Å². The van der Waals surface area contributed by atoms with E-state index in [0.29, 0.717) is 0 Å². The predicted octanol–water partition coefficient (Wildman–Crippen LogP) is 10.9. The van der Waals surface area contributed by atoms with Crippen molar-refractivity contribution in [2.24, 2.45) is 23.7 Å². The molecule has 0 radical (unpaired) electrons. The summed E-state index contributed by atoms with van der Waals surface area (Å²) in [6.45, 7) is 4.64. The molecule has 0 spiro atoms. The van der Waals surface area contributed by atoms with E-state index in [1.165, 1.54) is 134 Å². The van der Waals surface area contributed by atoms with Gasteiger partial charge in [-0.25, -0.2) is 0 Å². The molecule has 0 N–H and O–H groups in total. The van der Waals surface area contributed by atoms with Crippen LogP contribution in [-0.2, 0) is 12.8 Å². The van der Waals surface area contributed by atoms with Gasteiger partial charge in [-0.05, 0) is 86.2 Å². The Morgan fingerprint density at radius 2 is 1.06 bits per heavy atom. The van der Waals surface area contributed by atoms with Gasteiger partial charge in [0, 0.05) is 0 Å². The summed E-state index contributed by atoms with van der Waals surface area (Å²) in [5.74, 6) is 3.91. The van der Waals surface area contributed by atoms with Gasteiger partial charge in [-0.15, -0.1) is 0 Å². The predicted molar refractivity (Wildman–Crippen MR) is 151 cm³/mol. The molecule has 0 atom stereocenters. The summed E-state index contributed by atoms with van der Waals surface area (Å²) in [5.41, 5.74) is 3.07. The molecule has 2 fully saturated rings. The van der Waals surface area contributed by atoms with E-state index in [-0.39, 0.29) is 0 Å². The summed E-state index contributed by atoms with van der Waals surface area (Å²) >= 11 is 0. The SMILES string of the molecule is CCCCCC1CCC(C=CCCc2ccc(CCC3CCC(CCCCC)CC3)cc2)CC1. The Morgan fingerprint density at radius 1 is 0.588 bits per heavy atom. The van der Waals surface area contributed by atoms with Gasteiger partial charge in [-0.3, -0.25) is 0 Å². The van der Waals surface area contributed by atoms with Gasteiger partial charge < -0.3 is 0 Å². The Kier molecular flexibility index (Phi) is 13.4. The molecule has 0 heterocycles. The van der Waals surface area contributed by atoms with Gasteiger partial charge in [0.15, 0.2) is 0 Å². The van der Waals surface area contributed by atoms with Gasteiger partial charge in [-0.2, -0.15) is 0 Å². The van der Waals surface area contributed by atoms with Gasteiger partial charge in [0.2, 0.25) is 0 Å². The highest BCUT2D eigenvalue weighted by molar-refractivity contribution is 5.23. The van der Waals surface area contributed by atoms with E-state index in [2.05, 4.69) is 50.3 Å². The second kappa shape index (κ2) is 16.6. The molecule has 34 heavy (non-hydrogen) atoms. The molecule has 0 aliphatic heterocycles. The fraction of sp³-hybridized carbons (Fsp3) is 0.765. The van der Waals surface area contributed by atoms with Gasteiger partial charge in [-0.1, -0.05) is 127 Å². The van der Waals surface area contributed by atoms with E-state index in [1.54, 1.807) is 5.56 Å². The maximum Gasteiger partial charge on any atom is -0.0233 e. The van der Waals surface area contributed by atoms with Crippen LogP contribution in [0.25, 0.3) is 0 Å². The molecule has 0 nitrogen and oxygen atoms in total. The van der Waals surface area contributed by atoms with Crippen LogP contribution in [-0.4, -0.2) is 0 Å². The Bertz CT molecular complexity index is 637. The lowest BCUT2D eigenvalue weighted by atomic mass is 9.78. The van der Waals surface area contributed by atoms with Crippen molar-refractivity contribution >= 4 is 0 Å². The lowest BCUT2D eigenvalue weighted by molar-refractivity contribution is 0.249. The average Bonchev–Trinajstić information content (AvgIpc) is 2.88. The van der Waals surface area contributed by atoms with Gasteiger partial charge in [0.05, 0.1) is 0 Å². The summed E-state index contributed by atoms with van der Waals surface area (Å²) in [7, 11) is 0. The molecular formula is C34H56. The van der Waals surface area contributed by atoms with Crippen LogP contribution in [0.4, 0.5) is 0 Å². The summed E-state index contributed by atoms with van der Waals surface area (Å²) < 4.78 is 0. The van der Waals surface area contributed by atoms with E-state index < -0.39 is 0 Å². The maximum atomic E-state index is 2.55. The number of allylic oxidation sites excluding steroid dienone is 2. The molecule has 2 saturated carbocycles. The lowest BCUT2D eigenvalue weighted by Gasteiger charge is -2.28. The molecule has 0 bridgehead atoms. The van der Waals surface area contributed by atoms with Crippen molar-refractivity contribution in [3.05, 3.63) is 47.5 Å². The number of benzene rings is 1. The van der Waals surface area contributed by atoms with E-state index >= 15 is 0 Å². The second-order valence-electron chi connectivity index (χ2n) is 12.0. The first-order chi connectivity index (χ1) is 16.8. The highest BCUT2D eigenvalue weighted by Crippen LogP contribution is 2.35. The van der Waals surface area contributed by atoms with E-state index in [0.717, 1.165) is 23.7 Å². The molecule has 0 heteroatoms. The van der Waals surface area contributed by atoms with Crippen LogP contribution in [0.1, 0.15) is 141 Å². The van der Waals surface area contributed by atoms with Crippen LogP contribution in [0.5, 0.6) is 0 Å². The quantitative estimate of drug-likeness (QED) is 0.179. The second-order valence-corrected chi connectivity index (χ2v) is 12.0. The van der Waals surface area contributed by atoms with Crippen molar-refractivity contribution in [1.29, 1.82) is 0 Å². The minimum absolute atomic E-state index is 0.858. The summed E-state index contributed by atoms with van der Waals surface area (Å²) in [5, 5.41) is 0. The van der Waals surface area contributed by atoms with Crippen molar-refractivity contribution in [1.82, 2.24) is 0 Å². The first kappa shape index (κ1) is 27.5. The monoisotopic (exact) mass is 464 g/mol. The molecule has 1 aromatic rings. The largest absolute Gasteiger partial charge is 0.0879 e. The first-order valence-corrected chi connectivity index (χ1v) is 15.5. The van der Waals surface area contributed by atoms with Crippen molar-refractivity contribution in [3.8, 4) is 0 Å². The van der Waals surface area contributed by atoms with Crippen LogP contribution in [0.3, 0.4) is 0 Å². The zero-order chi connectivity index (χ0) is 23.8. The molecule has 0 saturated heterocycles.